The van der Waals surface area contributed by atoms with E-state index in [0.29, 0.717) is 0 Å². The average Bonchev–Trinajstić information content (AvgIpc) is 2.45. The normalized spacial score (nSPS) is 16.9. The number of benzene rings is 2. The monoisotopic (exact) mass is 252 g/mol. The molecule has 2 aromatic rings. The van der Waals surface area contributed by atoms with Crippen LogP contribution in [0.1, 0.15) is 37.3 Å². The quantitative estimate of drug-likeness (QED) is 0.864. The molecule has 0 spiro atoms. The third kappa shape index (κ3) is 2.31. The first-order valence-electron chi connectivity index (χ1n) is 7.13. The van der Waals surface area contributed by atoms with Crippen molar-refractivity contribution in [3.8, 4) is 11.1 Å². The molecule has 0 aromatic heterocycles. The Bertz CT molecular complexity index is 547. The molecule has 0 unspecified atom stereocenters. The molecule has 0 aliphatic heterocycles. The Morgan fingerprint density at radius 1 is 0.895 bits per heavy atom. The van der Waals surface area contributed by atoms with Crippen LogP contribution in [0.25, 0.3) is 11.1 Å². The molecule has 1 saturated carbocycles. The molecule has 0 bridgehead atoms. The van der Waals surface area contributed by atoms with Crippen LogP contribution < -0.4 is 0 Å². The molecular weight excluding hydrogens is 232 g/mol. The van der Waals surface area contributed by atoms with Gasteiger partial charge in [0.25, 0.3) is 0 Å². The van der Waals surface area contributed by atoms with Crippen LogP contribution in [-0.2, 0) is 12.0 Å². The van der Waals surface area contributed by atoms with Crippen LogP contribution in [0.4, 0.5) is 0 Å². The van der Waals surface area contributed by atoms with E-state index in [9.17, 15) is 5.11 Å². The Balaban J connectivity index is 1.85. The Kier molecular flexibility index (Phi) is 3.16. The number of rotatable bonds is 3. The first-order valence-corrected chi connectivity index (χ1v) is 7.13. The van der Waals surface area contributed by atoms with Crippen LogP contribution in [0.3, 0.4) is 0 Å². The van der Waals surface area contributed by atoms with Crippen molar-refractivity contribution >= 4 is 0 Å². The van der Waals surface area contributed by atoms with Gasteiger partial charge in [0.1, 0.15) is 0 Å². The number of aliphatic hydroxyl groups is 1. The maximum atomic E-state index is 10.3. The first kappa shape index (κ1) is 12.4. The van der Waals surface area contributed by atoms with Crippen molar-refractivity contribution in [2.45, 2.75) is 38.2 Å². The summed E-state index contributed by atoms with van der Waals surface area (Å²) in [5.41, 5.74) is 4.33. The van der Waals surface area contributed by atoms with E-state index in [1.807, 2.05) is 0 Å². The first-order chi connectivity index (χ1) is 9.21. The predicted molar refractivity (Wildman–Crippen MR) is 79.0 cm³/mol. The van der Waals surface area contributed by atoms with Gasteiger partial charge in [0.15, 0.2) is 0 Å². The molecule has 1 N–H and O–H groups in total. The molecule has 98 valence electrons. The summed E-state index contributed by atoms with van der Waals surface area (Å²) >= 11 is 0. The maximum absolute atomic E-state index is 10.3. The van der Waals surface area contributed by atoms with Gasteiger partial charge in [-0.3, -0.25) is 0 Å². The zero-order valence-corrected chi connectivity index (χ0v) is 11.4. The topological polar surface area (TPSA) is 20.2 Å². The molecule has 1 nitrogen and oxygen atoms in total. The smallest absolute Gasteiger partial charge is 0.0896 e. The molecule has 2 aromatic carbocycles. The van der Waals surface area contributed by atoms with Crippen molar-refractivity contribution in [2.24, 2.45) is 0 Å². The van der Waals surface area contributed by atoms with Crippen molar-refractivity contribution in [3.05, 3.63) is 59.7 Å². The molecule has 1 fully saturated rings. The minimum Gasteiger partial charge on any atom is -0.385 e. The lowest BCUT2D eigenvalue weighted by Crippen LogP contribution is -2.33. The van der Waals surface area contributed by atoms with Crippen molar-refractivity contribution in [1.29, 1.82) is 0 Å². The van der Waals surface area contributed by atoms with Gasteiger partial charge < -0.3 is 5.11 Å². The molecule has 3 rings (SSSR count). The summed E-state index contributed by atoms with van der Waals surface area (Å²) in [6.45, 7) is 2.17. The molecule has 1 aliphatic carbocycles. The standard InChI is InChI=1S/C18H20O/c1-2-14-4-6-15(7-5-14)16-8-10-17(11-9-16)18(19)12-3-13-18/h4-11,19H,2-3,12-13H2,1H3. The van der Waals surface area contributed by atoms with E-state index in [0.717, 1.165) is 31.2 Å². The predicted octanol–water partition coefficient (Wildman–Crippen LogP) is 4.29. The second-order valence-electron chi connectivity index (χ2n) is 5.51. The summed E-state index contributed by atoms with van der Waals surface area (Å²) in [5, 5.41) is 10.3. The van der Waals surface area contributed by atoms with Gasteiger partial charge in [-0.1, -0.05) is 55.5 Å². The van der Waals surface area contributed by atoms with Gasteiger partial charge in [0, 0.05) is 0 Å². The fourth-order valence-electron chi connectivity index (χ4n) is 2.71. The van der Waals surface area contributed by atoms with Gasteiger partial charge in [0.05, 0.1) is 5.60 Å². The highest BCUT2D eigenvalue weighted by molar-refractivity contribution is 5.64. The number of aryl methyl sites for hydroxylation is 1. The highest BCUT2D eigenvalue weighted by atomic mass is 16.3. The van der Waals surface area contributed by atoms with Crippen LogP contribution in [0, 0.1) is 0 Å². The lowest BCUT2D eigenvalue weighted by molar-refractivity contribution is -0.0387. The molecule has 0 atom stereocenters. The highest BCUT2D eigenvalue weighted by Gasteiger charge is 2.35. The summed E-state index contributed by atoms with van der Waals surface area (Å²) in [6, 6.07) is 17.1. The van der Waals surface area contributed by atoms with Crippen LogP contribution in [0.2, 0.25) is 0 Å². The highest BCUT2D eigenvalue weighted by Crippen LogP contribution is 2.41. The van der Waals surface area contributed by atoms with E-state index in [2.05, 4.69) is 55.5 Å². The van der Waals surface area contributed by atoms with Gasteiger partial charge in [-0.25, -0.2) is 0 Å². The number of hydrogen-bond donors (Lipinski definition) is 1. The van der Waals surface area contributed by atoms with Crippen LogP contribution in [0.15, 0.2) is 48.5 Å². The summed E-state index contributed by atoms with van der Waals surface area (Å²) in [5.74, 6) is 0. The van der Waals surface area contributed by atoms with Crippen molar-refractivity contribution in [3.63, 3.8) is 0 Å². The fraction of sp³-hybridized carbons (Fsp3) is 0.333. The minimum atomic E-state index is -0.551. The van der Waals surface area contributed by atoms with Gasteiger partial charge in [0.2, 0.25) is 0 Å². The Hall–Kier alpha value is -1.60. The summed E-state index contributed by atoms with van der Waals surface area (Å²) in [4.78, 5) is 0. The molecule has 1 aliphatic rings. The summed E-state index contributed by atoms with van der Waals surface area (Å²) < 4.78 is 0. The molecule has 0 saturated heterocycles. The molecular formula is C18H20O. The fourth-order valence-corrected chi connectivity index (χ4v) is 2.71. The van der Waals surface area contributed by atoms with Crippen molar-refractivity contribution in [1.82, 2.24) is 0 Å². The van der Waals surface area contributed by atoms with Gasteiger partial charge in [-0.2, -0.15) is 0 Å². The lowest BCUT2D eigenvalue weighted by Gasteiger charge is -2.37. The van der Waals surface area contributed by atoms with Crippen LogP contribution >= 0.6 is 0 Å². The van der Waals surface area contributed by atoms with Crippen LogP contribution in [-0.4, -0.2) is 5.11 Å². The summed E-state index contributed by atoms with van der Waals surface area (Å²) in [6.07, 6.45) is 4.01. The van der Waals surface area contributed by atoms with E-state index in [1.165, 1.54) is 16.7 Å². The third-order valence-electron chi connectivity index (χ3n) is 4.30. The minimum absolute atomic E-state index is 0.551. The molecule has 0 radical (unpaired) electrons. The second kappa shape index (κ2) is 4.82. The van der Waals surface area contributed by atoms with Gasteiger partial charge in [-0.15, -0.1) is 0 Å². The average molecular weight is 252 g/mol. The van der Waals surface area contributed by atoms with Gasteiger partial charge >= 0.3 is 0 Å². The Morgan fingerprint density at radius 2 is 1.42 bits per heavy atom. The third-order valence-corrected chi connectivity index (χ3v) is 4.30. The molecule has 0 heterocycles. The van der Waals surface area contributed by atoms with E-state index >= 15 is 0 Å². The zero-order valence-electron chi connectivity index (χ0n) is 11.4. The van der Waals surface area contributed by atoms with E-state index in [4.69, 9.17) is 0 Å². The summed E-state index contributed by atoms with van der Waals surface area (Å²) in [7, 11) is 0. The molecule has 19 heavy (non-hydrogen) atoms. The molecule has 0 amide bonds. The lowest BCUT2D eigenvalue weighted by atomic mass is 9.75. The zero-order chi connectivity index (χ0) is 13.3. The SMILES string of the molecule is CCc1ccc(-c2ccc(C3(O)CCC3)cc2)cc1. The van der Waals surface area contributed by atoms with E-state index in [-0.39, 0.29) is 0 Å². The van der Waals surface area contributed by atoms with Gasteiger partial charge in [-0.05, 0) is 47.9 Å². The van der Waals surface area contributed by atoms with Crippen molar-refractivity contribution in [2.75, 3.05) is 0 Å². The Morgan fingerprint density at radius 3 is 1.84 bits per heavy atom. The second-order valence-corrected chi connectivity index (χ2v) is 5.51. The maximum Gasteiger partial charge on any atom is 0.0896 e. The van der Waals surface area contributed by atoms with Crippen LogP contribution in [0.5, 0.6) is 0 Å². The van der Waals surface area contributed by atoms with Crippen molar-refractivity contribution < 1.29 is 5.11 Å². The largest absolute Gasteiger partial charge is 0.385 e. The van der Waals surface area contributed by atoms with E-state index < -0.39 is 5.60 Å². The molecule has 1 heteroatoms. The number of hydrogen-bond acceptors (Lipinski definition) is 1. The Labute approximate surface area is 114 Å². The van der Waals surface area contributed by atoms with E-state index in [1.54, 1.807) is 0 Å².